The summed E-state index contributed by atoms with van der Waals surface area (Å²) < 4.78 is 0. The maximum absolute atomic E-state index is 6.05. The fourth-order valence-electron chi connectivity index (χ4n) is 2.92. The summed E-state index contributed by atoms with van der Waals surface area (Å²) in [6.07, 6.45) is 4.08. The molecular formula is C17H18ClN. The number of nitrogens with two attached hydrogens (primary N) is 1. The van der Waals surface area contributed by atoms with E-state index in [9.17, 15) is 0 Å². The minimum absolute atomic E-state index is 0. The van der Waals surface area contributed by atoms with Gasteiger partial charge in [-0.3, -0.25) is 0 Å². The van der Waals surface area contributed by atoms with Crippen LogP contribution in [0.1, 0.15) is 24.0 Å². The van der Waals surface area contributed by atoms with Gasteiger partial charge in [-0.25, -0.2) is 0 Å². The lowest BCUT2D eigenvalue weighted by Gasteiger charge is -2.30. The summed E-state index contributed by atoms with van der Waals surface area (Å²) in [5.41, 5.74) is 9.79. The Morgan fingerprint density at radius 2 is 1.26 bits per heavy atom. The molecule has 0 bridgehead atoms. The van der Waals surface area contributed by atoms with Crippen LogP contribution in [0.3, 0.4) is 0 Å². The molecule has 0 radical (unpaired) electrons. The SMILES string of the molecule is Cl.NC1=CCC(c2ccccc2)(c2ccccc2)C1. The van der Waals surface area contributed by atoms with Crippen molar-refractivity contribution in [2.24, 2.45) is 5.73 Å². The maximum Gasteiger partial charge on any atom is 0.0292 e. The van der Waals surface area contributed by atoms with Crippen LogP contribution in [0.4, 0.5) is 0 Å². The molecule has 1 nitrogen and oxygen atoms in total. The average Bonchev–Trinajstić information content (AvgIpc) is 2.84. The minimum Gasteiger partial charge on any atom is -0.402 e. The number of hydrogen-bond acceptors (Lipinski definition) is 1. The second kappa shape index (κ2) is 5.50. The highest BCUT2D eigenvalue weighted by Crippen LogP contribution is 2.44. The van der Waals surface area contributed by atoms with Crippen LogP contribution in [-0.2, 0) is 5.41 Å². The van der Waals surface area contributed by atoms with E-state index in [0.717, 1.165) is 18.5 Å². The summed E-state index contributed by atoms with van der Waals surface area (Å²) in [6.45, 7) is 0. The second-order valence-corrected chi connectivity index (χ2v) is 4.97. The van der Waals surface area contributed by atoms with E-state index in [4.69, 9.17) is 5.73 Å². The van der Waals surface area contributed by atoms with E-state index in [0.29, 0.717) is 0 Å². The molecule has 0 aromatic heterocycles. The Labute approximate surface area is 120 Å². The van der Waals surface area contributed by atoms with Gasteiger partial charge < -0.3 is 5.73 Å². The van der Waals surface area contributed by atoms with Crippen LogP contribution in [0, 0.1) is 0 Å². The van der Waals surface area contributed by atoms with Crippen molar-refractivity contribution in [2.75, 3.05) is 0 Å². The highest BCUT2D eigenvalue weighted by atomic mass is 35.5. The molecule has 19 heavy (non-hydrogen) atoms. The number of benzene rings is 2. The summed E-state index contributed by atoms with van der Waals surface area (Å²) in [5, 5.41) is 0. The van der Waals surface area contributed by atoms with E-state index < -0.39 is 0 Å². The molecule has 2 N–H and O–H groups in total. The van der Waals surface area contributed by atoms with E-state index in [2.05, 4.69) is 66.7 Å². The molecule has 2 aromatic rings. The molecular weight excluding hydrogens is 254 g/mol. The first-order valence-corrected chi connectivity index (χ1v) is 6.37. The lowest BCUT2D eigenvalue weighted by atomic mass is 9.72. The van der Waals surface area contributed by atoms with Gasteiger partial charge in [-0.2, -0.15) is 0 Å². The number of hydrogen-bond donors (Lipinski definition) is 1. The molecule has 3 rings (SSSR count). The molecule has 0 fully saturated rings. The fourth-order valence-corrected chi connectivity index (χ4v) is 2.92. The van der Waals surface area contributed by atoms with Crippen LogP contribution in [-0.4, -0.2) is 0 Å². The monoisotopic (exact) mass is 271 g/mol. The number of halogens is 1. The van der Waals surface area contributed by atoms with Crippen molar-refractivity contribution in [2.45, 2.75) is 18.3 Å². The van der Waals surface area contributed by atoms with E-state index in [1.54, 1.807) is 0 Å². The molecule has 1 aliphatic carbocycles. The molecule has 0 amide bonds. The third-order valence-corrected chi connectivity index (χ3v) is 3.87. The number of rotatable bonds is 2. The van der Waals surface area contributed by atoms with Gasteiger partial charge >= 0.3 is 0 Å². The van der Waals surface area contributed by atoms with Gasteiger partial charge in [0.1, 0.15) is 0 Å². The van der Waals surface area contributed by atoms with Crippen molar-refractivity contribution < 1.29 is 0 Å². The Balaban J connectivity index is 0.00000133. The summed E-state index contributed by atoms with van der Waals surface area (Å²) in [6, 6.07) is 21.4. The molecule has 2 heteroatoms. The molecule has 0 heterocycles. The van der Waals surface area contributed by atoms with Crippen molar-refractivity contribution in [3.63, 3.8) is 0 Å². The van der Waals surface area contributed by atoms with Crippen LogP contribution in [0.2, 0.25) is 0 Å². The van der Waals surface area contributed by atoms with Crippen LogP contribution >= 0.6 is 12.4 Å². The molecule has 0 unspecified atom stereocenters. The van der Waals surface area contributed by atoms with E-state index in [1.807, 2.05) is 0 Å². The van der Waals surface area contributed by atoms with Gasteiger partial charge in [-0.1, -0.05) is 66.7 Å². The molecule has 0 atom stereocenters. The van der Waals surface area contributed by atoms with Gasteiger partial charge in [0, 0.05) is 17.5 Å². The first kappa shape index (κ1) is 13.7. The highest BCUT2D eigenvalue weighted by Gasteiger charge is 2.37. The predicted molar refractivity (Wildman–Crippen MR) is 82.4 cm³/mol. The van der Waals surface area contributed by atoms with Crippen LogP contribution in [0.15, 0.2) is 72.4 Å². The predicted octanol–water partition coefficient (Wildman–Crippen LogP) is 4.03. The Hall–Kier alpha value is -1.73. The zero-order valence-electron chi connectivity index (χ0n) is 10.8. The van der Waals surface area contributed by atoms with Crippen molar-refractivity contribution in [1.82, 2.24) is 0 Å². The summed E-state index contributed by atoms with van der Waals surface area (Å²) in [7, 11) is 0. The lowest BCUT2D eigenvalue weighted by Crippen LogP contribution is -2.25. The molecule has 0 aliphatic heterocycles. The van der Waals surface area contributed by atoms with Crippen molar-refractivity contribution in [1.29, 1.82) is 0 Å². The first-order valence-electron chi connectivity index (χ1n) is 6.37. The van der Waals surface area contributed by atoms with Gasteiger partial charge in [-0.05, 0) is 17.5 Å². The van der Waals surface area contributed by atoms with E-state index >= 15 is 0 Å². The summed E-state index contributed by atoms with van der Waals surface area (Å²) in [4.78, 5) is 0. The zero-order chi connectivity index (χ0) is 12.4. The number of allylic oxidation sites excluding steroid dienone is 2. The second-order valence-electron chi connectivity index (χ2n) is 4.97. The van der Waals surface area contributed by atoms with Gasteiger partial charge in [0.05, 0.1) is 0 Å². The van der Waals surface area contributed by atoms with Gasteiger partial charge in [0.2, 0.25) is 0 Å². The summed E-state index contributed by atoms with van der Waals surface area (Å²) >= 11 is 0. The van der Waals surface area contributed by atoms with E-state index in [-0.39, 0.29) is 17.8 Å². The highest BCUT2D eigenvalue weighted by molar-refractivity contribution is 5.85. The van der Waals surface area contributed by atoms with Crippen LogP contribution in [0.5, 0.6) is 0 Å². The zero-order valence-corrected chi connectivity index (χ0v) is 11.6. The Bertz CT molecular complexity index is 521. The van der Waals surface area contributed by atoms with Crippen molar-refractivity contribution in [3.8, 4) is 0 Å². The Kier molecular flexibility index (Phi) is 3.96. The fraction of sp³-hybridized carbons (Fsp3) is 0.176. The van der Waals surface area contributed by atoms with Crippen LogP contribution < -0.4 is 5.73 Å². The Morgan fingerprint density at radius 1 is 0.789 bits per heavy atom. The van der Waals surface area contributed by atoms with Gasteiger partial charge in [0.15, 0.2) is 0 Å². The average molecular weight is 272 g/mol. The maximum atomic E-state index is 6.05. The van der Waals surface area contributed by atoms with E-state index in [1.165, 1.54) is 11.1 Å². The molecule has 0 spiro atoms. The van der Waals surface area contributed by atoms with Gasteiger partial charge in [-0.15, -0.1) is 12.4 Å². The molecule has 0 saturated carbocycles. The standard InChI is InChI=1S/C17H17N.ClH/c18-16-11-12-17(13-16,14-7-3-1-4-8-14)15-9-5-2-6-10-15;/h1-11H,12-13,18H2;1H. The van der Waals surface area contributed by atoms with Crippen molar-refractivity contribution in [3.05, 3.63) is 83.6 Å². The largest absolute Gasteiger partial charge is 0.402 e. The lowest BCUT2D eigenvalue weighted by molar-refractivity contribution is 0.548. The smallest absolute Gasteiger partial charge is 0.0292 e. The quantitative estimate of drug-likeness (QED) is 0.877. The van der Waals surface area contributed by atoms with Crippen LogP contribution in [0.25, 0.3) is 0 Å². The first-order chi connectivity index (χ1) is 8.81. The molecule has 2 aromatic carbocycles. The third-order valence-electron chi connectivity index (χ3n) is 3.87. The molecule has 1 aliphatic rings. The molecule has 0 saturated heterocycles. The summed E-state index contributed by atoms with van der Waals surface area (Å²) in [5.74, 6) is 0. The topological polar surface area (TPSA) is 26.0 Å². The van der Waals surface area contributed by atoms with Crippen molar-refractivity contribution >= 4 is 12.4 Å². The molecule has 98 valence electrons. The third kappa shape index (κ3) is 2.39. The minimum atomic E-state index is 0. The normalized spacial score (nSPS) is 16.5. The van der Waals surface area contributed by atoms with Gasteiger partial charge in [0.25, 0.3) is 0 Å². The Morgan fingerprint density at radius 3 is 1.63 bits per heavy atom.